The molecule has 7 heteroatoms. The molecule has 0 aliphatic carbocycles. The van der Waals surface area contributed by atoms with E-state index in [1.54, 1.807) is 24.3 Å². The summed E-state index contributed by atoms with van der Waals surface area (Å²) in [5.41, 5.74) is 3.08. The van der Waals surface area contributed by atoms with Gasteiger partial charge in [-0.2, -0.15) is 10.4 Å². The van der Waals surface area contributed by atoms with E-state index in [1.807, 2.05) is 18.2 Å². The predicted octanol–water partition coefficient (Wildman–Crippen LogP) is 2.65. The van der Waals surface area contributed by atoms with Gasteiger partial charge in [0, 0.05) is 12.1 Å². The number of nitriles is 1. The van der Waals surface area contributed by atoms with Crippen LogP contribution < -0.4 is 5.43 Å². The van der Waals surface area contributed by atoms with Gasteiger partial charge in [-0.05, 0) is 17.2 Å². The van der Waals surface area contributed by atoms with Gasteiger partial charge in [0.1, 0.15) is 11.6 Å². The minimum Gasteiger partial charge on any atom is -0.267 e. The molecular weight excluding hydrogens is 308 g/mol. The van der Waals surface area contributed by atoms with Crippen molar-refractivity contribution in [1.29, 1.82) is 5.26 Å². The van der Waals surface area contributed by atoms with Crippen LogP contribution in [0.2, 0.25) is 0 Å². The second kappa shape index (κ2) is 8.00. The molecule has 0 heterocycles. The molecule has 1 amide bonds. The van der Waals surface area contributed by atoms with E-state index in [9.17, 15) is 14.9 Å². The average Bonchev–Trinajstić information content (AvgIpc) is 2.60. The zero-order chi connectivity index (χ0) is 17.4. The number of non-ortho nitro benzene ring substituents is 1. The highest BCUT2D eigenvalue weighted by Crippen LogP contribution is 2.15. The third-order valence-electron chi connectivity index (χ3n) is 2.94. The van der Waals surface area contributed by atoms with Gasteiger partial charge in [0.05, 0.1) is 11.1 Å². The summed E-state index contributed by atoms with van der Waals surface area (Å²) in [5.74, 6) is -0.698. The smallest absolute Gasteiger partial charge is 0.267 e. The van der Waals surface area contributed by atoms with Crippen LogP contribution in [0.15, 0.2) is 65.3 Å². The molecule has 0 bridgehead atoms. The van der Waals surface area contributed by atoms with Crippen LogP contribution >= 0.6 is 0 Å². The molecule has 0 aliphatic heterocycles. The maximum absolute atomic E-state index is 11.9. The number of hydrogen-bond acceptors (Lipinski definition) is 5. The van der Waals surface area contributed by atoms with Gasteiger partial charge in [-0.25, -0.2) is 5.43 Å². The second-order valence-corrected chi connectivity index (χ2v) is 4.63. The summed E-state index contributed by atoms with van der Waals surface area (Å²) in [4.78, 5) is 22.1. The van der Waals surface area contributed by atoms with Gasteiger partial charge >= 0.3 is 0 Å². The molecule has 2 aromatic carbocycles. The first-order chi connectivity index (χ1) is 11.6. The van der Waals surface area contributed by atoms with Crippen LogP contribution in [0.5, 0.6) is 0 Å². The van der Waals surface area contributed by atoms with Crippen LogP contribution in [0.3, 0.4) is 0 Å². The maximum Gasteiger partial charge on any atom is 0.282 e. The number of benzene rings is 2. The fraction of sp³-hybridized carbons (Fsp3) is 0. The molecule has 0 aromatic heterocycles. The lowest BCUT2D eigenvalue weighted by Gasteiger charge is -1.99. The summed E-state index contributed by atoms with van der Waals surface area (Å²) in [7, 11) is 0. The van der Waals surface area contributed by atoms with Crippen LogP contribution in [0.4, 0.5) is 5.69 Å². The number of nitrogens with one attached hydrogen (secondary N) is 1. The standard InChI is InChI=1S/C17H12N4O3/c18-11-15(9-14-7-4-8-16(10-14)21(23)24)17(22)20-19-12-13-5-2-1-3-6-13/h1-10,12H,(H,20,22). The van der Waals surface area contributed by atoms with Crippen LogP contribution in [0, 0.1) is 21.4 Å². The van der Waals surface area contributed by atoms with Gasteiger partial charge in [0.25, 0.3) is 11.6 Å². The Balaban J connectivity index is 2.11. The molecular formula is C17H12N4O3. The number of hydrazone groups is 1. The summed E-state index contributed by atoms with van der Waals surface area (Å²) in [6.45, 7) is 0. The molecule has 0 atom stereocenters. The Kier molecular flexibility index (Phi) is 5.53. The van der Waals surface area contributed by atoms with Gasteiger partial charge in [0.2, 0.25) is 0 Å². The summed E-state index contributed by atoms with van der Waals surface area (Å²) in [6.07, 6.45) is 2.71. The van der Waals surface area contributed by atoms with E-state index >= 15 is 0 Å². The van der Waals surface area contributed by atoms with Crippen molar-refractivity contribution in [2.75, 3.05) is 0 Å². The summed E-state index contributed by atoms with van der Waals surface area (Å²) < 4.78 is 0. The van der Waals surface area contributed by atoms with Crippen molar-refractivity contribution in [3.8, 4) is 6.07 Å². The molecule has 0 aliphatic rings. The summed E-state index contributed by atoms with van der Waals surface area (Å²) in [6, 6.07) is 16.5. The highest BCUT2D eigenvalue weighted by molar-refractivity contribution is 6.02. The van der Waals surface area contributed by atoms with E-state index in [1.165, 1.54) is 30.5 Å². The number of carbonyl (C=O) groups is 1. The third kappa shape index (κ3) is 4.61. The number of rotatable bonds is 5. The minimum atomic E-state index is -0.698. The lowest BCUT2D eigenvalue weighted by molar-refractivity contribution is -0.384. The number of nitrogens with zero attached hydrogens (tertiary/aromatic N) is 3. The molecule has 0 saturated heterocycles. The summed E-state index contributed by atoms with van der Waals surface area (Å²) in [5, 5.41) is 23.6. The van der Waals surface area contributed by atoms with Crippen molar-refractivity contribution in [2.45, 2.75) is 0 Å². The molecule has 0 saturated carbocycles. The largest absolute Gasteiger partial charge is 0.282 e. The Labute approximate surface area is 137 Å². The van der Waals surface area contributed by atoms with Crippen molar-refractivity contribution in [1.82, 2.24) is 5.43 Å². The van der Waals surface area contributed by atoms with Crippen LogP contribution in [-0.4, -0.2) is 17.0 Å². The lowest BCUT2D eigenvalue weighted by Crippen LogP contribution is -2.19. The summed E-state index contributed by atoms with van der Waals surface area (Å²) >= 11 is 0. The quantitative estimate of drug-likeness (QED) is 0.300. The minimum absolute atomic E-state index is 0.122. The van der Waals surface area contributed by atoms with Crippen molar-refractivity contribution in [3.63, 3.8) is 0 Å². The van der Waals surface area contributed by atoms with Gasteiger partial charge in [-0.1, -0.05) is 42.5 Å². The molecule has 0 radical (unpaired) electrons. The number of hydrogen-bond donors (Lipinski definition) is 1. The van der Waals surface area contributed by atoms with E-state index in [4.69, 9.17) is 5.26 Å². The van der Waals surface area contributed by atoms with Crippen molar-refractivity contribution in [3.05, 3.63) is 81.4 Å². The van der Waals surface area contributed by atoms with Crippen LogP contribution in [-0.2, 0) is 4.79 Å². The van der Waals surface area contributed by atoms with Gasteiger partial charge in [-0.3, -0.25) is 14.9 Å². The first-order valence-electron chi connectivity index (χ1n) is 6.85. The Morgan fingerprint density at radius 1 is 1.17 bits per heavy atom. The normalized spacial score (nSPS) is 11.0. The Morgan fingerprint density at radius 2 is 1.88 bits per heavy atom. The molecule has 0 fully saturated rings. The molecule has 2 aromatic rings. The van der Waals surface area contributed by atoms with Crippen molar-refractivity contribution >= 4 is 23.9 Å². The van der Waals surface area contributed by atoms with Gasteiger partial charge in [-0.15, -0.1) is 0 Å². The Morgan fingerprint density at radius 3 is 2.54 bits per heavy atom. The molecule has 0 spiro atoms. The van der Waals surface area contributed by atoms with Crippen LogP contribution in [0.1, 0.15) is 11.1 Å². The number of nitro groups is 1. The average molecular weight is 320 g/mol. The van der Waals surface area contributed by atoms with Crippen LogP contribution in [0.25, 0.3) is 6.08 Å². The fourth-order valence-electron chi connectivity index (χ4n) is 1.81. The lowest BCUT2D eigenvalue weighted by atomic mass is 10.1. The second-order valence-electron chi connectivity index (χ2n) is 4.63. The zero-order valence-electron chi connectivity index (χ0n) is 12.4. The highest BCUT2D eigenvalue weighted by Gasteiger charge is 2.10. The molecule has 2 rings (SSSR count). The monoisotopic (exact) mass is 320 g/mol. The van der Waals surface area contributed by atoms with E-state index in [0.29, 0.717) is 5.56 Å². The van der Waals surface area contributed by atoms with Crippen molar-refractivity contribution < 1.29 is 9.72 Å². The highest BCUT2D eigenvalue weighted by atomic mass is 16.6. The fourth-order valence-corrected chi connectivity index (χ4v) is 1.81. The zero-order valence-corrected chi connectivity index (χ0v) is 12.4. The molecule has 1 N–H and O–H groups in total. The molecule has 7 nitrogen and oxygen atoms in total. The first kappa shape index (κ1) is 16.6. The molecule has 0 unspecified atom stereocenters. The SMILES string of the molecule is N#CC(=Cc1cccc([N+](=O)[O-])c1)C(=O)NN=Cc1ccccc1. The molecule has 24 heavy (non-hydrogen) atoms. The first-order valence-corrected chi connectivity index (χ1v) is 6.85. The van der Waals surface area contributed by atoms with E-state index in [-0.39, 0.29) is 11.3 Å². The number of carbonyl (C=O) groups excluding carboxylic acids is 1. The van der Waals surface area contributed by atoms with Gasteiger partial charge in [0.15, 0.2) is 0 Å². The Hall–Kier alpha value is -3.79. The maximum atomic E-state index is 11.9. The van der Waals surface area contributed by atoms with E-state index < -0.39 is 10.8 Å². The van der Waals surface area contributed by atoms with Gasteiger partial charge < -0.3 is 0 Å². The third-order valence-corrected chi connectivity index (χ3v) is 2.94. The molecule has 118 valence electrons. The van der Waals surface area contributed by atoms with E-state index in [2.05, 4.69) is 10.5 Å². The van der Waals surface area contributed by atoms with E-state index in [0.717, 1.165) is 5.56 Å². The number of amides is 1. The topological polar surface area (TPSA) is 108 Å². The number of nitro benzene ring substituents is 1. The van der Waals surface area contributed by atoms with Crippen molar-refractivity contribution in [2.24, 2.45) is 5.10 Å². The Bertz CT molecular complexity index is 852. The predicted molar refractivity (Wildman–Crippen MR) is 88.9 cm³/mol.